The smallest absolute Gasteiger partial charge is 0.227 e. The summed E-state index contributed by atoms with van der Waals surface area (Å²) >= 11 is 0. The Bertz CT molecular complexity index is 677. The van der Waals surface area contributed by atoms with Crippen LogP contribution in [0.15, 0.2) is 30.3 Å². The summed E-state index contributed by atoms with van der Waals surface area (Å²) in [5.41, 5.74) is 3.75. The zero-order valence-electron chi connectivity index (χ0n) is 15.1. The van der Waals surface area contributed by atoms with Gasteiger partial charge in [0.15, 0.2) is 0 Å². The third-order valence-corrected chi connectivity index (χ3v) is 4.49. The highest BCUT2D eigenvalue weighted by Crippen LogP contribution is 2.33. The quantitative estimate of drug-likeness (QED) is 0.783. The van der Waals surface area contributed by atoms with Crippen molar-refractivity contribution in [2.75, 3.05) is 29.4 Å². The fourth-order valence-electron chi connectivity index (χ4n) is 3.44. The maximum absolute atomic E-state index is 4.93. The molecule has 0 unspecified atom stereocenters. The number of para-hydroxylation sites is 1. The van der Waals surface area contributed by atoms with Gasteiger partial charge in [-0.05, 0) is 44.2 Å². The molecule has 2 heterocycles. The zero-order valence-corrected chi connectivity index (χ0v) is 15.1. The Morgan fingerprint density at radius 1 is 1.08 bits per heavy atom. The molecule has 0 atom stereocenters. The molecule has 0 spiro atoms. The van der Waals surface area contributed by atoms with Gasteiger partial charge in [-0.1, -0.05) is 32.0 Å². The number of anilines is 3. The molecule has 3 rings (SSSR count). The van der Waals surface area contributed by atoms with Gasteiger partial charge in [-0.25, -0.2) is 4.98 Å². The Hall–Kier alpha value is -2.10. The van der Waals surface area contributed by atoms with Crippen LogP contribution in [0.25, 0.3) is 0 Å². The Kier molecular flexibility index (Phi) is 5.34. The number of aryl methyl sites for hydroxylation is 2. The van der Waals surface area contributed by atoms with Crippen molar-refractivity contribution >= 4 is 17.5 Å². The lowest BCUT2D eigenvalue weighted by atomic mass is 10.0. The number of nitrogens with zero attached hydrogens (tertiary/aromatic N) is 4. The first-order chi connectivity index (χ1) is 11.7. The van der Waals surface area contributed by atoms with Crippen LogP contribution >= 0.6 is 0 Å². The number of aromatic nitrogens is 2. The molecule has 0 N–H and O–H groups in total. The summed E-state index contributed by atoms with van der Waals surface area (Å²) in [6.07, 6.45) is 4.54. The number of hydrogen-bond acceptors (Lipinski definition) is 4. The summed E-state index contributed by atoms with van der Waals surface area (Å²) in [6.45, 7) is 9.52. The second-order valence-electron chi connectivity index (χ2n) is 6.54. The monoisotopic (exact) mass is 324 g/mol. The van der Waals surface area contributed by atoms with Gasteiger partial charge in [0.1, 0.15) is 5.82 Å². The van der Waals surface area contributed by atoms with Crippen molar-refractivity contribution in [3.63, 3.8) is 0 Å². The molecular formula is C20H28N4. The van der Waals surface area contributed by atoms with Crippen LogP contribution in [0.2, 0.25) is 0 Å². The molecule has 4 heteroatoms. The average molecular weight is 324 g/mol. The van der Waals surface area contributed by atoms with Crippen LogP contribution in [0.3, 0.4) is 0 Å². The largest absolute Gasteiger partial charge is 0.341 e. The van der Waals surface area contributed by atoms with Gasteiger partial charge in [-0.2, -0.15) is 4.98 Å². The molecule has 0 saturated carbocycles. The maximum atomic E-state index is 4.93. The highest BCUT2D eigenvalue weighted by atomic mass is 15.3. The third-order valence-electron chi connectivity index (χ3n) is 4.49. The molecule has 0 aliphatic carbocycles. The van der Waals surface area contributed by atoms with Crippen LogP contribution in [0.5, 0.6) is 0 Å². The van der Waals surface area contributed by atoms with Gasteiger partial charge in [0.2, 0.25) is 5.95 Å². The molecule has 0 fully saturated rings. The molecule has 24 heavy (non-hydrogen) atoms. The number of benzene rings is 1. The third kappa shape index (κ3) is 3.53. The predicted molar refractivity (Wildman–Crippen MR) is 101 cm³/mol. The molecule has 4 nitrogen and oxygen atoms in total. The Balaban J connectivity index is 1.97. The van der Waals surface area contributed by atoms with Gasteiger partial charge >= 0.3 is 0 Å². The van der Waals surface area contributed by atoms with E-state index < -0.39 is 0 Å². The highest BCUT2D eigenvalue weighted by Gasteiger charge is 2.20. The molecule has 0 radical (unpaired) electrons. The van der Waals surface area contributed by atoms with Crippen molar-refractivity contribution in [2.45, 2.75) is 46.5 Å². The first kappa shape index (κ1) is 16.7. The van der Waals surface area contributed by atoms with Crippen molar-refractivity contribution < 1.29 is 0 Å². The summed E-state index contributed by atoms with van der Waals surface area (Å²) < 4.78 is 0. The summed E-state index contributed by atoms with van der Waals surface area (Å²) in [5.74, 6) is 1.90. The normalized spacial score (nSPS) is 13.7. The van der Waals surface area contributed by atoms with Crippen molar-refractivity contribution in [2.24, 2.45) is 0 Å². The van der Waals surface area contributed by atoms with Gasteiger partial charge in [-0.15, -0.1) is 0 Å². The van der Waals surface area contributed by atoms with Crippen LogP contribution in [-0.4, -0.2) is 29.6 Å². The van der Waals surface area contributed by atoms with Gasteiger partial charge in [0.25, 0.3) is 0 Å². The minimum atomic E-state index is 0.872. The summed E-state index contributed by atoms with van der Waals surface area (Å²) in [7, 11) is 0. The summed E-state index contributed by atoms with van der Waals surface area (Å²) in [4.78, 5) is 14.3. The topological polar surface area (TPSA) is 32.3 Å². The van der Waals surface area contributed by atoms with Gasteiger partial charge in [0, 0.05) is 37.1 Å². The second-order valence-corrected chi connectivity index (χ2v) is 6.54. The molecule has 1 aromatic carbocycles. The fourth-order valence-corrected chi connectivity index (χ4v) is 3.44. The maximum Gasteiger partial charge on any atom is 0.227 e. The van der Waals surface area contributed by atoms with E-state index in [9.17, 15) is 0 Å². The van der Waals surface area contributed by atoms with Gasteiger partial charge in [0.05, 0.1) is 0 Å². The van der Waals surface area contributed by atoms with E-state index in [-0.39, 0.29) is 0 Å². The molecule has 1 aliphatic heterocycles. The molecule has 1 aromatic heterocycles. The van der Waals surface area contributed by atoms with E-state index in [2.05, 4.69) is 60.9 Å². The lowest BCUT2D eigenvalue weighted by Gasteiger charge is -2.31. The molecular weight excluding hydrogens is 296 g/mol. The van der Waals surface area contributed by atoms with Crippen LogP contribution in [-0.2, 0) is 6.42 Å². The van der Waals surface area contributed by atoms with Crippen LogP contribution in [0.1, 0.15) is 44.4 Å². The van der Waals surface area contributed by atoms with E-state index in [4.69, 9.17) is 9.97 Å². The standard InChI is InChI=1S/C20H28N4/c1-4-12-23(13-5-2)20-21-16(3)15-19(22-20)24-14-8-10-17-9-6-7-11-18(17)24/h6-7,9,11,15H,4-5,8,10,12-14H2,1-3H3. The molecule has 2 aromatic rings. The van der Waals surface area contributed by atoms with E-state index in [1.54, 1.807) is 0 Å². The van der Waals surface area contributed by atoms with Crippen molar-refractivity contribution in [3.05, 3.63) is 41.6 Å². The Morgan fingerprint density at radius 2 is 1.83 bits per heavy atom. The van der Waals surface area contributed by atoms with E-state index in [0.29, 0.717) is 0 Å². The first-order valence-corrected chi connectivity index (χ1v) is 9.19. The van der Waals surface area contributed by atoms with Crippen molar-refractivity contribution in [3.8, 4) is 0 Å². The lowest BCUT2D eigenvalue weighted by molar-refractivity contribution is 0.713. The zero-order chi connectivity index (χ0) is 16.9. The van der Waals surface area contributed by atoms with Crippen LogP contribution < -0.4 is 9.80 Å². The number of rotatable bonds is 6. The Labute approximate surface area is 145 Å². The predicted octanol–water partition coefficient (Wildman–Crippen LogP) is 4.50. The SMILES string of the molecule is CCCN(CCC)c1nc(C)cc(N2CCCc3ccccc32)n1. The second kappa shape index (κ2) is 7.65. The minimum absolute atomic E-state index is 0.872. The Morgan fingerprint density at radius 3 is 2.58 bits per heavy atom. The van der Waals surface area contributed by atoms with Crippen LogP contribution in [0, 0.1) is 6.92 Å². The van der Waals surface area contributed by atoms with Crippen molar-refractivity contribution in [1.82, 2.24) is 9.97 Å². The van der Waals surface area contributed by atoms with E-state index in [1.807, 2.05) is 0 Å². The number of fused-ring (bicyclic) bond motifs is 1. The summed E-state index contributed by atoms with van der Waals surface area (Å²) in [6, 6.07) is 10.8. The molecule has 0 amide bonds. The minimum Gasteiger partial charge on any atom is -0.341 e. The van der Waals surface area contributed by atoms with E-state index >= 15 is 0 Å². The van der Waals surface area contributed by atoms with Gasteiger partial charge in [-0.3, -0.25) is 0 Å². The fraction of sp³-hybridized carbons (Fsp3) is 0.500. The van der Waals surface area contributed by atoms with E-state index in [0.717, 1.165) is 56.4 Å². The molecule has 0 saturated heterocycles. The highest BCUT2D eigenvalue weighted by molar-refractivity contribution is 5.66. The first-order valence-electron chi connectivity index (χ1n) is 9.19. The molecule has 1 aliphatic rings. The number of hydrogen-bond donors (Lipinski definition) is 0. The molecule has 128 valence electrons. The molecule has 0 bridgehead atoms. The van der Waals surface area contributed by atoms with E-state index in [1.165, 1.54) is 17.7 Å². The van der Waals surface area contributed by atoms with Crippen LogP contribution in [0.4, 0.5) is 17.5 Å². The van der Waals surface area contributed by atoms with Gasteiger partial charge < -0.3 is 9.80 Å². The summed E-state index contributed by atoms with van der Waals surface area (Å²) in [5, 5.41) is 0. The average Bonchev–Trinajstić information content (AvgIpc) is 2.60. The van der Waals surface area contributed by atoms with Crippen molar-refractivity contribution in [1.29, 1.82) is 0 Å². The lowest BCUT2D eigenvalue weighted by Crippen LogP contribution is -2.29.